The molecule has 0 aromatic heterocycles. The van der Waals surface area contributed by atoms with Gasteiger partial charge in [-0.25, -0.2) is 0 Å². The average molecular weight is 507 g/mol. The molecule has 4 heteroatoms. The van der Waals surface area contributed by atoms with E-state index in [2.05, 4.69) is 144 Å². The molecule has 6 rings (SSSR count). The first-order valence-electron chi connectivity index (χ1n) is 13.1. The number of amidine groups is 1. The molecule has 1 N–H and O–H groups in total. The second-order valence-electron chi connectivity index (χ2n) is 9.51. The van der Waals surface area contributed by atoms with Crippen LogP contribution in [-0.2, 0) is 0 Å². The minimum Gasteiger partial charge on any atom is -0.310 e. The Morgan fingerprint density at radius 3 is 2.03 bits per heavy atom. The molecule has 0 fully saturated rings. The number of hydrogen-bond donors (Lipinski definition) is 1. The number of nitrogens with zero attached hydrogens (tertiary/aromatic N) is 3. The summed E-state index contributed by atoms with van der Waals surface area (Å²) >= 11 is 0. The van der Waals surface area contributed by atoms with Crippen LogP contribution in [0, 0.1) is 6.92 Å². The van der Waals surface area contributed by atoms with Crippen molar-refractivity contribution in [2.24, 2.45) is 5.10 Å². The summed E-state index contributed by atoms with van der Waals surface area (Å²) in [5.41, 5.74) is 12.2. The Balaban J connectivity index is 1.41. The quantitative estimate of drug-likeness (QED) is 0.240. The van der Waals surface area contributed by atoms with Crippen molar-refractivity contribution >= 4 is 34.7 Å². The van der Waals surface area contributed by atoms with Gasteiger partial charge in [0.15, 0.2) is 5.84 Å². The van der Waals surface area contributed by atoms with Crippen molar-refractivity contribution in [1.29, 1.82) is 0 Å². The molecule has 0 aliphatic carbocycles. The van der Waals surface area contributed by atoms with Gasteiger partial charge in [0.2, 0.25) is 0 Å². The number of para-hydroxylation sites is 3. The maximum Gasteiger partial charge on any atom is 0.162 e. The van der Waals surface area contributed by atoms with E-state index in [-0.39, 0.29) is 6.17 Å². The first-order valence-corrected chi connectivity index (χ1v) is 13.1. The van der Waals surface area contributed by atoms with E-state index in [4.69, 9.17) is 5.10 Å². The van der Waals surface area contributed by atoms with E-state index in [1.807, 2.05) is 24.3 Å². The van der Waals surface area contributed by atoms with Crippen LogP contribution >= 0.6 is 0 Å². The Bertz CT molecular complexity index is 1610. The van der Waals surface area contributed by atoms with Crippen LogP contribution in [-0.4, -0.2) is 5.84 Å². The lowest BCUT2D eigenvalue weighted by Crippen LogP contribution is -2.33. The maximum absolute atomic E-state index is 4.82. The normalized spacial score (nSPS) is 14.4. The summed E-state index contributed by atoms with van der Waals surface area (Å²) in [6.07, 6.45) is 1.82. The molecule has 0 spiro atoms. The number of anilines is 4. The van der Waals surface area contributed by atoms with Crippen molar-refractivity contribution in [3.8, 4) is 0 Å². The SMILES string of the molecule is C=Cc1ccccc1N(c1ccc(C2=NNC(c3ccccc3)N2c2ccccc2)cc1)c1ccccc1C. The lowest BCUT2D eigenvalue weighted by Gasteiger charge is -2.29. The third-order valence-corrected chi connectivity index (χ3v) is 7.07. The van der Waals surface area contributed by atoms with Crippen molar-refractivity contribution in [1.82, 2.24) is 5.43 Å². The maximum atomic E-state index is 4.82. The highest BCUT2D eigenvalue weighted by Gasteiger charge is 2.31. The van der Waals surface area contributed by atoms with Gasteiger partial charge in [-0.15, -0.1) is 0 Å². The fraction of sp³-hybridized carbons (Fsp3) is 0.0571. The van der Waals surface area contributed by atoms with Gasteiger partial charge >= 0.3 is 0 Å². The lowest BCUT2D eigenvalue weighted by molar-refractivity contribution is 0.617. The van der Waals surface area contributed by atoms with Gasteiger partial charge in [0, 0.05) is 22.6 Å². The second-order valence-corrected chi connectivity index (χ2v) is 9.51. The molecule has 190 valence electrons. The number of benzene rings is 5. The van der Waals surface area contributed by atoms with Crippen LogP contribution in [0.3, 0.4) is 0 Å². The molecule has 0 bridgehead atoms. The van der Waals surface area contributed by atoms with Crippen LogP contribution in [0.15, 0.2) is 145 Å². The van der Waals surface area contributed by atoms with Crippen LogP contribution in [0.5, 0.6) is 0 Å². The van der Waals surface area contributed by atoms with E-state index in [9.17, 15) is 0 Å². The largest absolute Gasteiger partial charge is 0.310 e. The molecule has 1 atom stereocenters. The highest BCUT2D eigenvalue weighted by molar-refractivity contribution is 6.11. The van der Waals surface area contributed by atoms with E-state index in [1.165, 1.54) is 5.56 Å². The predicted molar refractivity (Wildman–Crippen MR) is 164 cm³/mol. The number of hydrogen-bond acceptors (Lipinski definition) is 4. The molecule has 1 aliphatic rings. The van der Waals surface area contributed by atoms with Crippen molar-refractivity contribution in [3.63, 3.8) is 0 Å². The highest BCUT2D eigenvalue weighted by Crippen LogP contribution is 2.39. The van der Waals surface area contributed by atoms with E-state index in [1.54, 1.807) is 0 Å². The van der Waals surface area contributed by atoms with Crippen molar-refractivity contribution in [2.45, 2.75) is 13.1 Å². The minimum absolute atomic E-state index is 0.0915. The summed E-state index contributed by atoms with van der Waals surface area (Å²) in [6.45, 7) is 6.21. The van der Waals surface area contributed by atoms with Crippen LogP contribution < -0.4 is 15.2 Å². The molecular formula is C35H30N4. The number of hydrazone groups is 1. The first kappa shape index (κ1) is 24.3. The third kappa shape index (κ3) is 4.69. The topological polar surface area (TPSA) is 30.9 Å². The zero-order valence-electron chi connectivity index (χ0n) is 21.9. The van der Waals surface area contributed by atoms with Crippen LogP contribution in [0.1, 0.15) is 28.4 Å². The smallest absolute Gasteiger partial charge is 0.162 e. The standard InChI is InChI=1S/C35H30N4/c1-3-27-15-11-13-21-33(27)38(32-20-12-10-14-26(32)2)31-24-22-29(23-25-31)35-37-36-34(28-16-6-4-7-17-28)39(35)30-18-8-5-9-19-30/h3-25,34,36H,1H2,2H3. The van der Waals surface area contributed by atoms with Gasteiger partial charge in [-0.2, -0.15) is 5.10 Å². The third-order valence-electron chi connectivity index (χ3n) is 7.07. The number of aryl methyl sites for hydroxylation is 1. The Morgan fingerprint density at radius 2 is 1.33 bits per heavy atom. The lowest BCUT2D eigenvalue weighted by atomic mass is 10.1. The summed E-state index contributed by atoms with van der Waals surface area (Å²) in [5.74, 6) is 0.885. The fourth-order valence-electron chi connectivity index (χ4n) is 5.12. The van der Waals surface area contributed by atoms with Gasteiger partial charge in [-0.1, -0.05) is 97.6 Å². The molecule has 1 heterocycles. The molecule has 0 saturated heterocycles. The number of nitrogens with one attached hydrogen (secondary N) is 1. The zero-order chi connectivity index (χ0) is 26.6. The molecule has 39 heavy (non-hydrogen) atoms. The average Bonchev–Trinajstić information content (AvgIpc) is 3.45. The number of rotatable bonds is 7. The summed E-state index contributed by atoms with van der Waals surface area (Å²) < 4.78 is 0. The van der Waals surface area contributed by atoms with Crippen LogP contribution in [0.25, 0.3) is 6.08 Å². The van der Waals surface area contributed by atoms with E-state index >= 15 is 0 Å². The van der Waals surface area contributed by atoms with E-state index in [0.717, 1.165) is 45.3 Å². The molecule has 0 radical (unpaired) electrons. The van der Waals surface area contributed by atoms with Crippen molar-refractivity contribution in [3.05, 3.63) is 162 Å². The zero-order valence-corrected chi connectivity index (χ0v) is 21.9. The molecule has 0 saturated carbocycles. The van der Waals surface area contributed by atoms with Gasteiger partial charge in [-0.3, -0.25) is 10.3 Å². The molecule has 1 aliphatic heterocycles. The Labute approximate surface area is 230 Å². The predicted octanol–water partition coefficient (Wildman–Crippen LogP) is 8.58. The van der Waals surface area contributed by atoms with Crippen LogP contribution in [0.2, 0.25) is 0 Å². The fourth-order valence-corrected chi connectivity index (χ4v) is 5.12. The summed E-state index contributed by atoms with van der Waals surface area (Å²) in [7, 11) is 0. The molecule has 5 aromatic carbocycles. The monoisotopic (exact) mass is 506 g/mol. The highest BCUT2D eigenvalue weighted by atomic mass is 15.5. The summed E-state index contributed by atoms with van der Waals surface area (Å²) in [4.78, 5) is 4.56. The van der Waals surface area contributed by atoms with E-state index in [0.29, 0.717) is 0 Å². The van der Waals surface area contributed by atoms with Gasteiger partial charge in [0.05, 0.1) is 5.69 Å². The van der Waals surface area contributed by atoms with Gasteiger partial charge in [0.25, 0.3) is 0 Å². The molecular weight excluding hydrogens is 476 g/mol. The molecule has 4 nitrogen and oxygen atoms in total. The van der Waals surface area contributed by atoms with Crippen LogP contribution in [0.4, 0.5) is 22.7 Å². The summed E-state index contributed by atoms with van der Waals surface area (Å²) in [6, 6.07) is 46.3. The molecule has 1 unspecified atom stereocenters. The van der Waals surface area contributed by atoms with E-state index < -0.39 is 0 Å². The minimum atomic E-state index is -0.0915. The molecule has 0 amide bonds. The summed E-state index contributed by atoms with van der Waals surface area (Å²) in [5, 5.41) is 4.82. The Kier molecular flexibility index (Phi) is 6.67. The molecule has 5 aromatic rings. The van der Waals surface area contributed by atoms with Crippen molar-refractivity contribution in [2.75, 3.05) is 9.80 Å². The van der Waals surface area contributed by atoms with Gasteiger partial charge < -0.3 is 4.90 Å². The second kappa shape index (κ2) is 10.7. The van der Waals surface area contributed by atoms with Gasteiger partial charge in [0.1, 0.15) is 6.17 Å². The Hall–Kier alpha value is -5.09. The first-order chi connectivity index (χ1) is 19.2. The Morgan fingerprint density at radius 1 is 0.718 bits per heavy atom. The van der Waals surface area contributed by atoms with Gasteiger partial charge in [-0.05, 0) is 72.1 Å². The van der Waals surface area contributed by atoms with Crippen molar-refractivity contribution < 1.29 is 0 Å².